The lowest BCUT2D eigenvalue weighted by Gasteiger charge is -2.20. The maximum Gasteiger partial charge on any atom is 0.306 e. The van der Waals surface area contributed by atoms with Crippen LogP contribution >= 0.6 is 0 Å². The molecule has 0 saturated carbocycles. The van der Waals surface area contributed by atoms with Gasteiger partial charge in [0, 0.05) is 0 Å². The van der Waals surface area contributed by atoms with E-state index in [1.807, 2.05) is 13.1 Å². The van der Waals surface area contributed by atoms with Crippen LogP contribution in [-0.4, -0.2) is 42.4 Å². The van der Waals surface area contributed by atoms with E-state index in [1.54, 1.807) is 6.55 Å². The molecular formula is C6H22O4Si4. The second-order valence-corrected chi connectivity index (χ2v) is 12.7. The summed E-state index contributed by atoms with van der Waals surface area (Å²) in [6.07, 6.45) is 0. The molecule has 0 aliphatic carbocycles. The smallest absolute Gasteiger partial charge is 0.306 e. The van der Waals surface area contributed by atoms with E-state index < -0.39 is 37.6 Å². The fourth-order valence-electron chi connectivity index (χ4n) is 0.947. The maximum absolute atomic E-state index is 9.11. The molecule has 0 aliphatic rings. The zero-order valence-electron chi connectivity index (χ0n) is 9.69. The Morgan fingerprint density at radius 1 is 1.07 bits per heavy atom. The van der Waals surface area contributed by atoms with Crippen LogP contribution in [0, 0.1) is 0 Å². The normalized spacial score (nSPS) is 19.1. The molecule has 8 heteroatoms. The molecule has 1 N–H and O–H groups in total. The molecule has 0 fully saturated rings. The Morgan fingerprint density at radius 3 is 2.07 bits per heavy atom. The second-order valence-electron chi connectivity index (χ2n) is 3.73. The van der Waals surface area contributed by atoms with Gasteiger partial charge in [-0.2, -0.15) is 0 Å². The molecule has 0 aromatic carbocycles. The van der Waals surface area contributed by atoms with Crippen molar-refractivity contribution < 1.29 is 17.1 Å². The van der Waals surface area contributed by atoms with Gasteiger partial charge in [0.15, 0.2) is 9.76 Å². The summed E-state index contributed by atoms with van der Waals surface area (Å²) in [7, 11) is -5.41. The van der Waals surface area contributed by atoms with Gasteiger partial charge in [0.2, 0.25) is 0 Å². The molecule has 14 heavy (non-hydrogen) atoms. The van der Waals surface area contributed by atoms with Crippen LogP contribution in [0.5, 0.6) is 0 Å². The average Bonchev–Trinajstić information content (AvgIpc) is 1.98. The van der Waals surface area contributed by atoms with Gasteiger partial charge in [0.1, 0.15) is 0 Å². The molecule has 0 aromatic rings. The Labute approximate surface area is 94.1 Å². The van der Waals surface area contributed by atoms with E-state index >= 15 is 0 Å². The minimum atomic E-state index is -1.91. The SMILES string of the molecule is CC(C)[SiH2]O[SiH](C)O[SiH](C)O[SiH](C)O. The minimum absolute atomic E-state index is 0.419. The maximum atomic E-state index is 9.11. The van der Waals surface area contributed by atoms with Crippen molar-refractivity contribution in [3.8, 4) is 0 Å². The molecule has 0 rings (SSSR count). The summed E-state index contributed by atoms with van der Waals surface area (Å²) >= 11 is 0. The summed E-state index contributed by atoms with van der Waals surface area (Å²) in [5.41, 5.74) is 0.678. The first-order valence-electron chi connectivity index (χ1n) is 5.02. The molecule has 4 nitrogen and oxygen atoms in total. The topological polar surface area (TPSA) is 47.9 Å². The largest absolute Gasteiger partial charge is 0.444 e. The molecule has 0 radical (unpaired) electrons. The zero-order valence-corrected chi connectivity index (χ0v) is 14.6. The Balaban J connectivity index is 3.55. The summed E-state index contributed by atoms with van der Waals surface area (Å²) < 4.78 is 16.7. The highest BCUT2D eigenvalue weighted by Gasteiger charge is 2.15. The minimum Gasteiger partial charge on any atom is -0.444 e. The van der Waals surface area contributed by atoms with Crippen LogP contribution in [0.1, 0.15) is 13.8 Å². The van der Waals surface area contributed by atoms with Crippen LogP contribution < -0.4 is 0 Å². The predicted octanol–water partition coefficient (Wildman–Crippen LogP) is -0.509. The van der Waals surface area contributed by atoms with Crippen molar-refractivity contribution in [2.45, 2.75) is 39.0 Å². The van der Waals surface area contributed by atoms with Crippen molar-refractivity contribution in [1.29, 1.82) is 0 Å². The van der Waals surface area contributed by atoms with Crippen molar-refractivity contribution in [2.24, 2.45) is 0 Å². The molecular weight excluding hydrogens is 248 g/mol. The van der Waals surface area contributed by atoms with Crippen molar-refractivity contribution in [3.05, 3.63) is 0 Å². The Bertz CT molecular complexity index is 146. The van der Waals surface area contributed by atoms with Crippen molar-refractivity contribution in [3.63, 3.8) is 0 Å². The molecule has 3 atom stereocenters. The van der Waals surface area contributed by atoms with E-state index in [1.165, 1.54) is 0 Å². The number of hydrogen-bond acceptors (Lipinski definition) is 4. The van der Waals surface area contributed by atoms with E-state index in [-0.39, 0.29) is 0 Å². The van der Waals surface area contributed by atoms with Gasteiger partial charge in [-0.25, -0.2) is 0 Å². The van der Waals surface area contributed by atoms with E-state index in [9.17, 15) is 0 Å². The molecule has 0 aliphatic heterocycles. The summed E-state index contributed by atoms with van der Waals surface area (Å²) in [4.78, 5) is 9.11. The van der Waals surface area contributed by atoms with Gasteiger partial charge in [0.05, 0.1) is 0 Å². The standard InChI is InChI=1S/C6H22O4Si4/c1-6(2)11-8-13(4)10-14(5)9-12(3)7/h6-7,12-14H,11H2,1-5H3. The van der Waals surface area contributed by atoms with E-state index in [2.05, 4.69) is 13.8 Å². The zero-order chi connectivity index (χ0) is 11.1. The highest BCUT2D eigenvalue weighted by Crippen LogP contribution is 2.01. The van der Waals surface area contributed by atoms with Crippen LogP contribution in [0.15, 0.2) is 0 Å². The molecule has 0 aromatic heterocycles. The van der Waals surface area contributed by atoms with Crippen LogP contribution in [-0.2, 0) is 12.3 Å². The van der Waals surface area contributed by atoms with Gasteiger partial charge in [-0.3, -0.25) is 0 Å². The fraction of sp³-hybridized carbons (Fsp3) is 1.00. The van der Waals surface area contributed by atoms with E-state index in [4.69, 9.17) is 17.1 Å². The quantitative estimate of drug-likeness (QED) is 0.633. The fourth-order valence-corrected chi connectivity index (χ4v) is 9.80. The van der Waals surface area contributed by atoms with Crippen molar-refractivity contribution in [2.75, 3.05) is 0 Å². The molecule has 0 amide bonds. The molecule has 0 heterocycles. The second kappa shape index (κ2) is 7.93. The van der Waals surface area contributed by atoms with Gasteiger partial charge in [-0.05, 0) is 25.2 Å². The first-order valence-corrected chi connectivity index (χ1v) is 12.8. The highest BCUT2D eigenvalue weighted by molar-refractivity contribution is 6.65. The van der Waals surface area contributed by atoms with Gasteiger partial charge in [-0.1, -0.05) is 13.8 Å². The van der Waals surface area contributed by atoms with Crippen LogP contribution in [0.2, 0.25) is 25.2 Å². The lowest BCUT2D eigenvalue weighted by molar-refractivity contribution is 0.349. The van der Waals surface area contributed by atoms with Gasteiger partial charge in [-0.15, -0.1) is 0 Å². The summed E-state index contributed by atoms with van der Waals surface area (Å²) in [5, 5.41) is 0. The number of hydrogen-bond donors (Lipinski definition) is 1. The van der Waals surface area contributed by atoms with Gasteiger partial charge in [0.25, 0.3) is 18.6 Å². The first kappa shape index (κ1) is 14.7. The first-order chi connectivity index (χ1) is 6.41. The van der Waals surface area contributed by atoms with Crippen molar-refractivity contribution >= 4 is 37.6 Å². The van der Waals surface area contributed by atoms with Gasteiger partial charge < -0.3 is 17.1 Å². The average molecular weight is 271 g/mol. The number of rotatable bonds is 7. The van der Waals surface area contributed by atoms with Crippen LogP contribution in [0.4, 0.5) is 0 Å². The van der Waals surface area contributed by atoms with Crippen LogP contribution in [0.3, 0.4) is 0 Å². The molecule has 0 saturated heterocycles. The Hall–Kier alpha value is 0.708. The summed E-state index contributed by atoms with van der Waals surface area (Å²) in [5.74, 6) is 0. The molecule has 0 bridgehead atoms. The lowest BCUT2D eigenvalue weighted by Crippen LogP contribution is -2.34. The predicted molar refractivity (Wildman–Crippen MR) is 68.2 cm³/mol. The molecule has 0 spiro atoms. The van der Waals surface area contributed by atoms with Crippen molar-refractivity contribution in [1.82, 2.24) is 0 Å². The van der Waals surface area contributed by atoms with Crippen LogP contribution in [0.25, 0.3) is 0 Å². The lowest BCUT2D eigenvalue weighted by atomic mass is 10.6. The third-order valence-electron chi connectivity index (χ3n) is 1.44. The third-order valence-corrected chi connectivity index (χ3v) is 10.9. The highest BCUT2D eigenvalue weighted by atomic mass is 28.4. The summed E-state index contributed by atoms with van der Waals surface area (Å²) in [6, 6.07) is 0. The Kier molecular flexibility index (Phi) is 8.33. The Morgan fingerprint density at radius 2 is 1.64 bits per heavy atom. The van der Waals surface area contributed by atoms with Gasteiger partial charge >= 0.3 is 9.28 Å². The third kappa shape index (κ3) is 9.27. The van der Waals surface area contributed by atoms with E-state index in [0.29, 0.717) is 5.54 Å². The molecule has 3 unspecified atom stereocenters. The molecule has 86 valence electrons. The van der Waals surface area contributed by atoms with E-state index in [0.717, 1.165) is 0 Å². The summed E-state index contributed by atoms with van der Waals surface area (Å²) in [6.45, 7) is 10.1. The monoisotopic (exact) mass is 270 g/mol.